The Hall–Kier alpha value is -1.35. The Morgan fingerprint density at radius 1 is 1.33 bits per heavy atom. The first-order valence-corrected chi connectivity index (χ1v) is 6.67. The summed E-state index contributed by atoms with van der Waals surface area (Å²) in [5.74, 6) is 0.660. The topological polar surface area (TPSA) is 29.5 Å². The highest BCUT2D eigenvalue weighted by Gasteiger charge is 2.55. The van der Waals surface area contributed by atoms with E-state index in [4.69, 9.17) is 4.74 Å². The van der Waals surface area contributed by atoms with Crippen molar-refractivity contribution in [2.75, 3.05) is 6.61 Å². The van der Waals surface area contributed by atoms with Crippen molar-refractivity contribution in [3.05, 3.63) is 35.9 Å². The zero-order valence-corrected chi connectivity index (χ0v) is 10.9. The summed E-state index contributed by atoms with van der Waals surface area (Å²) in [7, 11) is 0. The average molecular weight is 245 g/mol. The van der Waals surface area contributed by atoms with Crippen molar-refractivity contribution in [1.29, 1.82) is 0 Å². The molecule has 2 aliphatic rings. The molecule has 2 heterocycles. The van der Waals surface area contributed by atoms with Crippen LogP contribution in [0.15, 0.2) is 30.3 Å². The highest BCUT2D eigenvalue weighted by Crippen LogP contribution is 2.47. The quantitative estimate of drug-likeness (QED) is 0.801. The van der Waals surface area contributed by atoms with E-state index < -0.39 is 5.72 Å². The number of carbonyl (C=O) groups is 1. The molecular formula is C15H19NO2. The smallest absolute Gasteiger partial charge is 0.225 e. The summed E-state index contributed by atoms with van der Waals surface area (Å²) < 4.78 is 6.10. The maximum Gasteiger partial charge on any atom is 0.225 e. The van der Waals surface area contributed by atoms with Gasteiger partial charge in [0.05, 0.1) is 12.6 Å². The molecule has 0 saturated carbocycles. The molecule has 0 bridgehead atoms. The van der Waals surface area contributed by atoms with Crippen LogP contribution >= 0.6 is 0 Å². The van der Waals surface area contributed by atoms with E-state index in [1.807, 2.05) is 23.1 Å². The maximum absolute atomic E-state index is 12.2. The lowest BCUT2D eigenvalue weighted by atomic mass is 9.98. The van der Waals surface area contributed by atoms with Crippen LogP contribution in [0.2, 0.25) is 0 Å². The van der Waals surface area contributed by atoms with Gasteiger partial charge in [-0.15, -0.1) is 0 Å². The molecule has 1 amide bonds. The summed E-state index contributed by atoms with van der Waals surface area (Å²) in [6.45, 7) is 4.96. The molecule has 0 aromatic heterocycles. The van der Waals surface area contributed by atoms with Crippen LogP contribution in [0.4, 0.5) is 0 Å². The minimum absolute atomic E-state index is 0.209. The molecule has 3 nitrogen and oxygen atoms in total. The fourth-order valence-corrected chi connectivity index (χ4v) is 3.17. The third-order valence-electron chi connectivity index (χ3n) is 4.15. The standard InChI is InChI=1S/C15H19NO2/c1-11(2)13-10-18-15(9-8-14(17)16(13)15)12-6-4-3-5-7-12/h3-7,11,13H,8-10H2,1-2H3/t13-,15+/m0/s1. The molecule has 96 valence electrons. The van der Waals surface area contributed by atoms with Gasteiger partial charge in [0, 0.05) is 18.4 Å². The molecule has 2 fully saturated rings. The number of nitrogens with zero attached hydrogens (tertiary/aromatic N) is 1. The number of ether oxygens (including phenoxy) is 1. The van der Waals surface area contributed by atoms with Gasteiger partial charge in [0.25, 0.3) is 0 Å². The molecular weight excluding hydrogens is 226 g/mol. The third-order valence-corrected chi connectivity index (χ3v) is 4.15. The summed E-state index contributed by atoms with van der Waals surface area (Å²) >= 11 is 0. The number of carbonyl (C=O) groups excluding carboxylic acids is 1. The van der Waals surface area contributed by atoms with Crippen LogP contribution < -0.4 is 0 Å². The Morgan fingerprint density at radius 2 is 2.06 bits per heavy atom. The van der Waals surface area contributed by atoms with E-state index in [1.54, 1.807) is 0 Å². The molecule has 0 radical (unpaired) electrons. The normalized spacial score (nSPS) is 31.2. The van der Waals surface area contributed by atoms with Crippen molar-refractivity contribution in [1.82, 2.24) is 4.90 Å². The summed E-state index contributed by atoms with van der Waals surface area (Å²) in [4.78, 5) is 14.2. The molecule has 3 rings (SSSR count). The molecule has 3 heteroatoms. The van der Waals surface area contributed by atoms with Crippen molar-refractivity contribution < 1.29 is 9.53 Å². The van der Waals surface area contributed by atoms with Gasteiger partial charge in [-0.05, 0) is 5.92 Å². The van der Waals surface area contributed by atoms with E-state index >= 15 is 0 Å². The van der Waals surface area contributed by atoms with Crippen molar-refractivity contribution in [3.8, 4) is 0 Å². The van der Waals surface area contributed by atoms with Gasteiger partial charge in [0.1, 0.15) is 0 Å². The Bertz CT molecular complexity index is 457. The summed E-state index contributed by atoms with van der Waals surface area (Å²) in [5, 5.41) is 0. The second-order valence-electron chi connectivity index (χ2n) is 5.54. The molecule has 18 heavy (non-hydrogen) atoms. The lowest BCUT2D eigenvalue weighted by Gasteiger charge is -2.34. The van der Waals surface area contributed by atoms with Gasteiger partial charge >= 0.3 is 0 Å². The molecule has 2 saturated heterocycles. The van der Waals surface area contributed by atoms with Gasteiger partial charge in [-0.1, -0.05) is 44.2 Å². The van der Waals surface area contributed by atoms with Crippen LogP contribution in [-0.2, 0) is 15.3 Å². The third kappa shape index (κ3) is 1.50. The fraction of sp³-hybridized carbons (Fsp3) is 0.533. The molecule has 0 unspecified atom stereocenters. The highest BCUT2D eigenvalue weighted by molar-refractivity contribution is 5.80. The summed E-state index contributed by atoms with van der Waals surface area (Å²) in [6.07, 6.45) is 1.37. The molecule has 0 aliphatic carbocycles. The Labute approximate surface area is 108 Å². The molecule has 1 aromatic rings. The number of hydrogen-bond donors (Lipinski definition) is 0. The van der Waals surface area contributed by atoms with Crippen LogP contribution in [0.3, 0.4) is 0 Å². The molecule has 0 spiro atoms. The average Bonchev–Trinajstić information content (AvgIpc) is 2.91. The maximum atomic E-state index is 12.2. The number of amides is 1. The van der Waals surface area contributed by atoms with Crippen LogP contribution in [0, 0.1) is 5.92 Å². The van der Waals surface area contributed by atoms with E-state index in [-0.39, 0.29) is 11.9 Å². The first kappa shape index (κ1) is 11.7. The predicted molar refractivity (Wildman–Crippen MR) is 68.8 cm³/mol. The lowest BCUT2D eigenvalue weighted by molar-refractivity contribution is -0.140. The van der Waals surface area contributed by atoms with Crippen LogP contribution in [0.1, 0.15) is 32.3 Å². The SMILES string of the molecule is CC(C)[C@@H]1CO[C@@]2(c3ccccc3)CCC(=O)N12. The summed E-state index contributed by atoms with van der Waals surface area (Å²) in [6, 6.07) is 10.4. The van der Waals surface area contributed by atoms with Gasteiger partial charge in [0.15, 0.2) is 5.72 Å². The fourth-order valence-electron chi connectivity index (χ4n) is 3.17. The first-order chi connectivity index (χ1) is 8.65. The Morgan fingerprint density at radius 3 is 2.72 bits per heavy atom. The second kappa shape index (κ2) is 4.09. The summed E-state index contributed by atoms with van der Waals surface area (Å²) in [5.41, 5.74) is 0.617. The van der Waals surface area contributed by atoms with Crippen molar-refractivity contribution in [3.63, 3.8) is 0 Å². The first-order valence-electron chi connectivity index (χ1n) is 6.67. The number of benzene rings is 1. The largest absolute Gasteiger partial charge is 0.349 e. The van der Waals surface area contributed by atoms with Gasteiger partial charge in [0.2, 0.25) is 5.91 Å². The number of fused-ring (bicyclic) bond motifs is 1. The predicted octanol–water partition coefficient (Wildman–Crippen LogP) is 2.52. The van der Waals surface area contributed by atoms with Crippen LogP contribution in [0.25, 0.3) is 0 Å². The van der Waals surface area contributed by atoms with Crippen molar-refractivity contribution >= 4 is 5.91 Å². The molecule has 2 aliphatic heterocycles. The number of hydrogen-bond acceptors (Lipinski definition) is 2. The Kier molecular flexibility index (Phi) is 2.67. The highest BCUT2D eigenvalue weighted by atomic mass is 16.5. The Balaban J connectivity index is 2.04. The molecule has 1 aromatic carbocycles. The van der Waals surface area contributed by atoms with Gasteiger partial charge in [-0.2, -0.15) is 0 Å². The second-order valence-corrected chi connectivity index (χ2v) is 5.54. The van der Waals surface area contributed by atoms with E-state index in [1.165, 1.54) is 0 Å². The van der Waals surface area contributed by atoms with Crippen molar-refractivity contribution in [2.45, 2.75) is 38.5 Å². The van der Waals surface area contributed by atoms with E-state index in [0.717, 1.165) is 12.0 Å². The minimum atomic E-state index is -0.493. The van der Waals surface area contributed by atoms with E-state index in [2.05, 4.69) is 26.0 Å². The van der Waals surface area contributed by atoms with Crippen molar-refractivity contribution in [2.24, 2.45) is 5.92 Å². The monoisotopic (exact) mass is 245 g/mol. The molecule has 2 atom stereocenters. The van der Waals surface area contributed by atoms with Gasteiger partial charge in [-0.3, -0.25) is 4.79 Å². The number of rotatable bonds is 2. The van der Waals surface area contributed by atoms with Crippen LogP contribution in [0.5, 0.6) is 0 Å². The van der Waals surface area contributed by atoms with Crippen LogP contribution in [-0.4, -0.2) is 23.5 Å². The zero-order chi connectivity index (χ0) is 12.8. The molecule has 0 N–H and O–H groups in total. The van der Waals surface area contributed by atoms with E-state index in [0.29, 0.717) is 18.9 Å². The lowest BCUT2D eigenvalue weighted by Crippen LogP contribution is -2.45. The van der Waals surface area contributed by atoms with E-state index in [9.17, 15) is 4.79 Å². The van der Waals surface area contributed by atoms with Gasteiger partial charge in [-0.25, -0.2) is 0 Å². The minimum Gasteiger partial charge on any atom is -0.349 e. The van der Waals surface area contributed by atoms with Gasteiger partial charge < -0.3 is 9.64 Å². The zero-order valence-electron chi connectivity index (χ0n) is 10.9.